The predicted octanol–water partition coefficient (Wildman–Crippen LogP) is 3.60. The molecule has 1 atom stereocenters. The van der Waals surface area contributed by atoms with Crippen LogP contribution in [0.3, 0.4) is 0 Å². The zero-order valence-electron chi connectivity index (χ0n) is 14.8. The zero-order valence-corrected chi connectivity index (χ0v) is 14.8. The fourth-order valence-electron chi connectivity index (χ4n) is 3.83. The van der Waals surface area contributed by atoms with Gasteiger partial charge in [0.15, 0.2) is 0 Å². The Morgan fingerprint density at radius 2 is 1.92 bits per heavy atom. The van der Waals surface area contributed by atoms with Crippen molar-refractivity contribution in [1.29, 1.82) is 0 Å². The first-order valence-corrected chi connectivity index (χ1v) is 8.95. The lowest BCUT2D eigenvalue weighted by Crippen LogP contribution is -2.38. The molecule has 0 aliphatic carbocycles. The smallest absolute Gasteiger partial charge is 0.259 e. The first kappa shape index (κ1) is 17.7. The molecule has 25 heavy (non-hydrogen) atoms. The van der Waals surface area contributed by atoms with Gasteiger partial charge in [-0.3, -0.25) is 9.69 Å². The molecule has 0 unspecified atom stereocenters. The van der Waals surface area contributed by atoms with Gasteiger partial charge in [-0.2, -0.15) is 0 Å². The van der Waals surface area contributed by atoms with Gasteiger partial charge >= 0.3 is 0 Å². The molecule has 0 radical (unpaired) electrons. The minimum atomic E-state index is -0.429. The molecule has 0 saturated carbocycles. The maximum absolute atomic E-state index is 13.9. The monoisotopic (exact) mass is 344 g/mol. The second-order valence-corrected chi connectivity index (χ2v) is 6.69. The number of aromatic hydroxyl groups is 1. The molecule has 2 aromatic rings. The standard InChI is InChI=1S/C20H25FN2O2/c1-3-23-14(2)12-17(24)18(20(23)25)19(22-10-5-4-6-11-22)15-8-7-9-16(21)13-15/h7-9,12-13,19,24H,3-6,10-11H2,1-2H3/t19-/m0/s1. The molecule has 0 bridgehead atoms. The van der Waals surface area contributed by atoms with Crippen molar-refractivity contribution in [3.8, 4) is 5.75 Å². The summed E-state index contributed by atoms with van der Waals surface area (Å²) in [7, 11) is 0. The van der Waals surface area contributed by atoms with Crippen LogP contribution in [0.1, 0.15) is 49.0 Å². The van der Waals surface area contributed by atoms with Crippen LogP contribution < -0.4 is 5.56 Å². The Bertz CT molecular complexity index is 810. The molecule has 1 fully saturated rings. The summed E-state index contributed by atoms with van der Waals surface area (Å²) >= 11 is 0. The van der Waals surface area contributed by atoms with Crippen LogP contribution >= 0.6 is 0 Å². The minimum absolute atomic E-state index is 0.00738. The van der Waals surface area contributed by atoms with Crippen molar-refractivity contribution in [3.05, 3.63) is 63.3 Å². The lowest BCUT2D eigenvalue weighted by atomic mass is 9.94. The van der Waals surface area contributed by atoms with Gasteiger partial charge < -0.3 is 9.67 Å². The Balaban J connectivity index is 2.20. The van der Waals surface area contributed by atoms with Crippen LogP contribution in [0.4, 0.5) is 4.39 Å². The van der Waals surface area contributed by atoms with Gasteiger partial charge in [0.25, 0.3) is 5.56 Å². The molecule has 0 amide bonds. The number of hydrogen-bond acceptors (Lipinski definition) is 3. The molecule has 1 aromatic heterocycles. The highest BCUT2D eigenvalue weighted by Gasteiger charge is 2.30. The van der Waals surface area contributed by atoms with E-state index in [9.17, 15) is 14.3 Å². The first-order chi connectivity index (χ1) is 12.0. The number of pyridine rings is 1. The summed E-state index contributed by atoms with van der Waals surface area (Å²) in [6, 6.07) is 7.56. The molecule has 2 heterocycles. The van der Waals surface area contributed by atoms with Crippen LogP contribution in [-0.2, 0) is 6.54 Å². The van der Waals surface area contributed by atoms with Gasteiger partial charge in [0.05, 0.1) is 11.6 Å². The molecule has 134 valence electrons. The van der Waals surface area contributed by atoms with E-state index < -0.39 is 6.04 Å². The summed E-state index contributed by atoms with van der Waals surface area (Å²) in [5.74, 6) is -0.339. The van der Waals surface area contributed by atoms with E-state index in [4.69, 9.17) is 0 Å². The van der Waals surface area contributed by atoms with Crippen molar-refractivity contribution in [2.45, 2.75) is 45.7 Å². The van der Waals surface area contributed by atoms with Gasteiger partial charge in [-0.25, -0.2) is 4.39 Å². The average molecular weight is 344 g/mol. The number of aromatic nitrogens is 1. The Labute approximate surface area is 147 Å². The van der Waals surface area contributed by atoms with Gasteiger partial charge in [0.2, 0.25) is 0 Å². The van der Waals surface area contributed by atoms with Gasteiger partial charge in [0, 0.05) is 12.2 Å². The molecule has 1 aliphatic rings. The van der Waals surface area contributed by atoms with Crippen molar-refractivity contribution < 1.29 is 9.50 Å². The van der Waals surface area contributed by atoms with E-state index in [2.05, 4.69) is 4.90 Å². The van der Waals surface area contributed by atoms with Gasteiger partial charge in [-0.1, -0.05) is 18.6 Å². The van der Waals surface area contributed by atoms with Crippen LogP contribution in [0.25, 0.3) is 0 Å². The molecular weight excluding hydrogens is 319 g/mol. The molecule has 1 N–H and O–H groups in total. The Morgan fingerprint density at radius 1 is 1.20 bits per heavy atom. The van der Waals surface area contributed by atoms with E-state index in [1.165, 1.54) is 12.1 Å². The summed E-state index contributed by atoms with van der Waals surface area (Å²) in [6.45, 7) is 5.92. The Hall–Kier alpha value is -2.14. The summed E-state index contributed by atoms with van der Waals surface area (Å²) in [5, 5.41) is 10.6. The molecule has 4 nitrogen and oxygen atoms in total. The molecular formula is C20H25FN2O2. The third-order valence-electron chi connectivity index (χ3n) is 5.03. The third-order valence-corrected chi connectivity index (χ3v) is 5.03. The third kappa shape index (κ3) is 3.47. The molecule has 1 aliphatic heterocycles. The summed E-state index contributed by atoms with van der Waals surface area (Å²) < 4.78 is 15.5. The molecule has 1 aromatic carbocycles. The van der Waals surface area contributed by atoms with Crippen LogP contribution in [0, 0.1) is 12.7 Å². The first-order valence-electron chi connectivity index (χ1n) is 8.95. The van der Waals surface area contributed by atoms with Crippen LogP contribution in [-0.4, -0.2) is 27.7 Å². The van der Waals surface area contributed by atoms with Gasteiger partial charge in [-0.05, 0) is 63.5 Å². The number of halogens is 1. The van der Waals surface area contributed by atoms with E-state index in [1.54, 1.807) is 16.7 Å². The Kier molecular flexibility index (Phi) is 5.23. The number of hydrogen-bond donors (Lipinski definition) is 1. The van der Waals surface area contributed by atoms with Crippen molar-refractivity contribution in [3.63, 3.8) is 0 Å². The van der Waals surface area contributed by atoms with Crippen molar-refractivity contribution in [1.82, 2.24) is 9.47 Å². The number of nitrogens with zero attached hydrogens (tertiary/aromatic N) is 2. The van der Waals surface area contributed by atoms with Crippen molar-refractivity contribution in [2.24, 2.45) is 0 Å². The van der Waals surface area contributed by atoms with E-state index in [-0.39, 0.29) is 17.1 Å². The maximum Gasteiger partial charge on any atom is 0.259 e. The van der Waals surface area contributed by atoms with E-state index in [1.807, 2.05) is 19.9 Å². The van der Waals surface area contributed by atoms with Gasteiger partial charge in [-0.15, -0.1) is 0 Å². The summed E-state index contributed by atoms with van der Waals surface area (Å²) in [6.07, 6.45) is 3.24. The fourth-order valence-corrected chi connectivity index (χ4v) is 3.83. The molecule has 3 rings (SSSR count). The van der Waals surface area contributed by atoms with Crippen LogP contribution in [0.15, 0.2) is 35.1 Å². The predicted molar refractivity (Wildman–Crippen MR) is 96.4 cm³/mol. The van der Waals surface area contributed by atoms with Crippen molar-refractivity contribution >= 4 is 0 Å². The fraction of sp³-hybridized carbons (Fsp3) is 0.450. The number of rotatable bonds is 4. The highest BCUT2D eigenvalue weighted by atomic mass is 19.1. The lowest BCUT2D eigenvalue weighted by Gasteiger charge is -2.35. The van der Waals surface area contributed by atoms with Gasteiger partial charge in [0.1, 0.15) is 11.6 Å². The highest BCUT2D eigenvalue weighted by molar-refractivity contribution is 5.41. The normalized spacial score (nSPS) is 16.8. The average Bonchev–Trinajstić information content (AvgIpc) is 2.59. The lowest BCUT2D eigenvalue weighted by molar-refractivity contribution is 0.183. The highest BCUT2D eigenvalue weighted by Crippen LogP contribution is 2.34. The molecule has 0 spiro atoms. The quantitative estimate of drug-likeness (QED) is 0.922. The second-order valence-electron chi connectivity index (χ2n) is 6.69. The SMILES string of the molecule is CCn1c(C)cc(O)c([C@H](c2cccc(F)c2)N2CCCCC2)c1=O. The Morgan fingerprint density at radius 3 is 2.56 bits per heavy atom. The summed E-state index contributed by atoms with van der Waals surface area (Å²) in [4.78, 5) is 15.3. The molecule has 1 saturated heterocycles. The number of aryl methyl sites for hydroxylation is 1. The zero-order chi connectivity index (χ0) is 18.0. The van der Waals surface area contributed by atoms with Crippen LogP contribution in [0.5, 0.6) is 5.75 Å². The molecule has 5 heteroatoms. The van der Waals surface area contributed by atoms with E-state index in [0.29, 0.717) is 17.7 Å². The second kappa shape index (κ2) is 7.40. The number of piperidine rings is 1. The topological polar surface area (TPSA) is 45.5 Å². The van der Waals surface area contributed by atoms with E-state index in [0.717, 1.165) is 38.0 Å². The summed E-state index contributed by atoms with van der Waals surface area (Å²) in [5.41, 5.74) is 1.59. The van der Waals surface area contributed by atoms with E-state index >= 15 is 0 Å². The maximum atomic E-state index is 13.9. The minimum Gasteiger partial charge on any atom is -0.507 e. The largest absolute Gasteiger partial charge is 0.507 e. The number of likely N-dealkylation sites (tertiary alicyclic amines) is 1. The van der Waals surface area contributed by atoms with Crippen molar-refractivity contribution in [2.75, 3.05) is 13.1 Å². The number of benzene rings is 1. The van der Waals surface area contributed by atoms with Crippen LogP contribution in [0.2, 0.25) is 0 Å².